The Labute approximate surface area is 150 Å². The molecule has 0 aliphatic rings. The summed E-state index contributed by atoms with van der Waals surface area (Å²) in [6, 6.07) is 12.5. The van der Waals surface area contributed by atoms with Crippen LogP contribution in [0.4, 0.5) is 9.52 Å². The molecule has 1 heterocycles. The number of amides is 1. The first-order valence-electron chi connectivity index (χ1n) is 7.98. The van der Waals surface area contributed by atoms with E-state index in [2.05, 4.69) is 4.98 Å². The first-order valence-corrected chi connectivity index (χ1v) is 8.86. The highest BCUT2D eigenvalue weighted by Gasteiger charge is 2.14. The molecule has 25 heavy (non-hydrogen) atoms. The van der Waals surface area contributed by atoms with Crippen LogP contribution in [-0.2, 0) is 11.2 Å². The number of rotatable bonds is 4. The fraction of sp³-hybridized carbons (Fsp3) is 0.200. The molecule has 0 saturated carbocycles. The first-order chi connectivity index (χ1) is 11.9. The number of hydrogen-bond donors (Lipinski definition) is 0. The molecule has 0 N–H and O–H groups in total. The third kappa shape index (κ3) is 3.94. The number of anilines is 1. The van der Waals surface area contributed by atoms with Gasteiger partial charge < -0.3 is 0 Å². The van der Waals surface area contributed by atoms with Gasteiger partial charge in [-0.2, -0.15) is 0 Å². The van der Waals surface area contributed by atoms with Gasteiger partial charge in [-0.3, -0.25) is 9.69 Å². The van der Waals surface area contributed by atoms with Gasteiger partial charge in [0.1, 0.15) is 5.82 Å². The van der Waals surface area contributed by atoms with E-state index >= 15 is 0 Å². The molecule has 1 aromatic heterocycles. The number of benzene rings is 2. The lowest BCUT2D eigenvalue weighted by molar-refractivity contribution is -0.117. The summed E-state index contributed by atoms with van der Waals surface area (Å²) in [6.07, 6.45) is 0.283. The highest BCUT2D eigenvalue weighted by atomic mass is 32.1. The Kier molecular flexibility index (Phi) is 4.95. The van der Waals surface area contributed by atoms with Gasteiger partial charge in [-0.15, -0.1) is 11.3 Å². The maximum atomic E-state index is 14.0. The largest absolute Gasteiger partial charge is 0.291 e. The Bertz CT molecular complexity index is 902. The minimum absolute atomic E-state index is 0.0242. The van der Waals surface area contributed by atoms with Gasteiger partial charge in [0, 0.05) is 18.0 Å². The summed E-state index contributed by atoms with van der Waals surface area (Å²) in [5.41, 5.74) is 4.19. The van der Waals surface area contributed by atoms with Gasteiger partial charge in [0.05, 0.1) is 12.1 Å². The van der Waals surface area contributed by atoms with Crippen molar-refractivity contribution in [3.63, 3.8) is 0 Å². The minimum Gasteiger partial charge on any atom is -0.291 e. The summed E-state index contributed by atoms with van der Waals surface area (Å²) in [7, 11) is 1.73. The molecule has 0 fully saturated rings. The average Bonchev–Trinajstić information content (AvgIpc) is 3.03. The van der Waals surface area contributed by atoms with Crippen LogP contribution >= 0.6 is 11.3 Å². The molecule has 3 nitrogen and oxygen atoms in total. The van der Waals surface area contributed by atoms with Crippen LogP contribution in [0, 0.1) is 19.7 Å². The lowest BCUT2D eigenvalue weighted by Gasteiger charge is -2.14. The third-order valence-electron chi connectivity index (χ3n) is 4.01. The summed E-state index contributed by atoms with van der Waals surface area (Å²) >= 11 is 1.45. The zero-order valence-corrected chi connectivity index (χ0v) is 15.2. The third-order valence-corrected chi connectivity index (χ3v) is 5.05. The molecule has 0 unspecified atom stereocenters. The van der Waals surface area contributed by atoms with Crippen molar-refractivity contribution in [3.05, 3.63) is 70.5 Å². The van der Waals surface area contributed by atoms with E-state index in [1.54, 1.807) is 18.0 Å². The highest BCUT2D eigenvalue weighted by molar-refractivity contribution is 7.14. The first kappa shape index (κ1) is 17.3. The van der Waals surface area contributed by atoms with Crippen molar-refractivity contribution in [2.75, 3.05) is 11.9 Å². The Morgan fingerprint density at radius 2 is 1.88 bits per heavy atom. The molecule has 0 atom stereocenters. The SMILES string of the molecule is Cc1ccc(F)c(-c2ccc(CC(=O)N(C)c3nc(C)cs3)cc2)c1. The van der Waals surface area contributed by atoms with Gasteiger partial charge in [-0.05, 0) is 37.1 Å². The summed E-state index contributed by atoms with van der Waals surface area (Å²) in [6.45, 7) is 3.84. The van der Waals surface area contributed by atoms with Gasteiger partial charge in [0.15, 0.2) is 5.13 Å². The molecule has 3 aromatic rings. The number of halogens is 1. The maximum Gasteiger partial charge on any atom is 0.232 e. The molecular weight excluding hydrogens is 335 g/mol. The second-order valence-electron chi connectivity index (χ2n) is 6.08. The van der Waals surface area contributed by atoms with E-state index in [0.29, 0.717) is 10.7 Å². The molecule has 0 spiro atoms. The molecule has 0 aliphatic carbocycles. The lowest BCUT2D eigenvalue weighted by Crippen LogP contribution is -2.27. The van der Waals surface area contributed by atoms with Crippen LogP contribution in [0.3, 0.4) is 0 Å². The van der Waals surface area contributed by atoms with Crippen LogP contribution in [0.1, 0.15) is 16.8 Å². The predicted molar refractivity (Wildman–Crippen MR) is 101 cm³/mol. The Morgan fingerprint density at radius 3 is 2.52 bits per heavy atom. The van der Waals surface area contributed by atoms with Gasteiger partial charge in [-0.25, -0.2) is 9.37 Å². The number of carbonyl (C=O) groups is 1. The number of likely N-dealkylation sites (N-methyl/N-ethyl adjacent to an activating group) is 1. The number of nitrogens with zero attached hydrogens (tertiary/aromatic N) is 2. The predicted octanol–water partition coefficient (Wildman–Crippen LogP) is 4.77. The van der Waals surface area contributed by atoms with Crippen LogP contribution in [0.2, 0.25) is 0 Å². The zero-order chi connectivity index (χ0) is 18.0. The second kappa shape index (κ2) is 7.15. The quantitative estimate of drug-likeness (QED) is 0.676. The van der Waals surface area contributed by atoms with Crippen molar-refractivity contribution in [2.24, 2.45) is 0 Å². The molecule has 0 saturated heterocycles. The summed E-state index contributed by atoms with van der Waals surface area (Å²) in [4.78, 5) is 18.3. The monoisotopic (exact) mass is 354 g/mol. The molecule has 5 heteroatoms. The lowest BCUT2D eigenvalue weighted by atomic mass is 10.0. The van der Waals surface area contributed by atoms with Crippen molar-refractivity contribution in [1.29, 1.82) is 0 Å². The molecule has 0 bridgehead atoms. The molecular formula is C20H19FN2OS. The van der Waals surface area contributed by atoms with E-state index in [4.69, 9.17) is 0 Å². The van der Waals surface area contributed by atoms with Crippen molar-refractivity contribution in [1.82, 2.24) is 4.98 Å². The van der Waals surface area contributed by atoms with Crippen molar-refractivity contribution in [2.45, 2.75) is 20.3 Å². The Morgan fingerprint density at radius 1 is 1.16 bits per heavy atom. The normalized spacial score (nSPS) is 10.7. The Balaban J connectivity index is 1.74. The van der Waals surface area contributed by atoms with E-state index in [1.165, 1.54) is 17.4 Å². The van der Waals surface area contributed by atoms with E-state index in [-0.39, 0.29) is 18.1 Å². The second-order valence-corrected chi connectivity index (χ2v) is 6.92. The van der Waals surface area contributed by atoms with E-state index in [0.717, 1.165) is 22.4 Å². The minimum atomic E-state index is -0.242. The topological polar surface area (TPSA) is 33.2 Å². The molecule has 0 radical (unpaired) electrons. The van der Waals surface area contributed by atoms with E-state index in [1.807, 2.05) is 49.6 Å². The molecule has 0 aliphatic heterocycles. The summed E-state index contributed by atoms with van der Waals surface area (Å²) in [5.74, 6) is -0.267. The number of hydrogen-bond acceptors (Lipinski definition) is 3. The van der Waals surface area contributed by atoms with E-state index < -0.39 is 0 Å². The summed E-state index contributed by atoms with van der Waals surface area (Å²) in [5, 5.41) is 2.62. The number of aryl methyl sites for hydroxylation is 2. The van der Waals surface area contributed by atoms with Gasteiger partial charge >= 0.3 is 0 Å². The zero-order valence-electron chi connectivity index (χ0n) is 14.4. The van der Waals surface area contributed by atoms with Crippen molar-refractivity contribution in [3.8, 4) is 11.1 Å². The maximum absolute atomic E-state index is 14.0. The Hall–Kier alpha value is -2.53. The van der Waals surface area contributed by atoms with Gasteiger partial charge in [0.2, 0.25) is 5.91 Å². The van der Waals surface area contributed by atoms with Crippen molar-refractivity contribution >= 4 is 22.4 Å². The molecule has 1 amide bonds. The van der Waals surface area contributed by atoms with Crippen LogP contribution in [0.25, 0.3) is 11.1 Å². The molecule has 3 rings (SSSR count). The number of carbonyl (C=O) groups excluding carboxylic acids is 1. The van der Waals surface area contributed by atoms with Crippen molar-refractivity contribution < 1.29 is 9.18 Å². The van der Waals surface area contributed by atoms with Crippen LogP contribution < -0.4 is 4.90 Å². The van der Waals surface area contributed by atoms with Gasteiger partial charge in [0.25, 0.3) is 0 Å². The smallest absolute Gasteiger partial charge is 0.232 e. The summed E-state index contributed by atoms with van der Waals surface area (Å²) < 4.78 is 14.0. The van der Waals surface area contributed by atoms with E-state index in [9.17, 15) is 9.18 Å². The van der Waals surface area contributed by atoms with Crippen LogP contribution in [-0.4, -0.2) is 17.9 Å². The average molecular weight is 354 g/mol. The standard InChI is InChI=1S/C20H19FN2OS/c1-13-4-9-18(21)17(10-13)16-7-5-15(6-8-16)11-19(24)23(3)20-22-14(2)12-25-20/h4-10,12H,11H2,1-3H3. The molecule has 2 aromatic carbocycles. The van der Waals surface area contributed by atoms with Crippen LogP contribution in [0.5, 0.6) is 0 Å². The molecule has 128 valence electrons. The highest BCUT2D eigenvalue weighted by Crippen LogP contribution is 2.25. The van der Waals surface area contributed by atoms with Crippen LogP contribution in [0.15, 0.2) is 47.8 Å². The van der Waals surface area contributed by atoms with Gasteiger partial charge in [-0.1, -0.05) is 35.9 Å². The fourth-order valence-electron chi connectivity index (χ4n) is 2.56. The number of aromatic nitrogens is 1. The number of thiazole rings is 1. The fourth-order valence-corrected chi connectivity index (χ4v) is 3.34.